The number of piperazine rings is 1. The summed E-state index contributed by atoms with van der Waals surface area (Å²) < 4.78 is 12.8. The van der Waals surface area contributed by atoms with E-state index in [1.165, 1.54) is 0 Å². The molecule has 4 aliphatic heterocycles. The lowest BCUT2D eigenvalue weighted by Crippen LogP contribution is -2.53. The monoisotopic (exact) mass is 607 g/mol. The molecule has 2 bridgehead atoms. The minimum Gasteiger partial charge on any atom is -0.449 e. The molecule has 1 N–H and O–H groups in total. The first-order valence-electron chi connectivity index (χ1n) is 16.3. The van der Waals surface area contributed by atoms with Crippen LogP contribution in [0.25, 0.3) is 10.9 Å². The number of ether oxygens (including phenoxy) is 2. The van der Waals surface area contributed by atoms with E-state index < -0.39 is 0 Å². The quantitative estimate of drug-likeness (QED) is 0.459. The van der Waals surface area contributed by atoms with E-state index in [4.69, 9.17) is 9.47 Å². The van der Waals surface area contributed by atoms with Gasteiger partial charge in [-0.05, 0) is 76.3 Å². The van der Waals surface area contributed by atoms with Crippen LogP contribution in [0.4, 0.5) is 4.79 Å². The van der Waals surface area contributed by atoms with Gasteiger partial charge in [-0.2, -0.15) is 0 Å². The van der Waals surface area contributed by atoms with Crippen LogP contribution in [0.15, 0.2) is 35.1 Å². The third-order valence-corrected chi connectivity index (χ3v) is 9.77. The Bertz CT molecular complexity index is 1410. The summed E-state index contributed by atoms with van der Waals surface area (Å²) in [7, 11) is 0. The lowest BCUT2D eigenvalue weighted by atomic mass is 9.96. The number of rotatable bonds is 8. The number of pyridine rings is 1. The van der Waals surface area contributed by atoms with Crippen LogP contribution in [0.1, 0.15) is 75.2 Å². The first-order chi connectivity index (χ1) is 21.3. The summed E-state index contributed by atoms with van der Waals surface area (Å²) in [5.74, 6) is -0.256. The van der Waals surface area contributed by atoms with E-state index in [-0.39, 0.29) is 47.2 Å². The standard InChI is InChI=1S/C33H45N5O6/c1-22(2)38-28-8-4-3-7-23(28)19-27(31(38)40)30(39)34-24-20-25-10-11-26(21-24)37(25)12-6-18-44-33(42)36-15-13-35(14-16-36)32(41)29-9-5-17-43-29/h3-4,7-8,19,22,24-26,29H,5-6,9-18,20-21H2,1-2H3,(H,34,39)/t24-,25-,26+,29?. The number of hydrogen-bond donors (Lipinski definition) is 1. The molecule has 0 aliphatic carbocycles. The van der Waals surface area contributed by atoms with E-state index in [1.54, 1.807) is 20.4 Å². The fraction of sp³-hybridized carbons (Fsp3) is 0.636. The highest BCUT2D eigenvalue weighted by Crippen LogP contribution is 2.36. The number of hydrogen-bond acceptors (Lipinski definition) is 7. The average Bonchev–Trinajstić information content (AvgIpc) is 3.64. The Balaban J connectivity index is 0.952. The zero-order valence-corrected chi connectivity index (χ0v) is 25.9. The smallest absolute Gasteiger partial charge is 0.409 e. The van der Waals surface area contributed by atoms with Gasteiger partial charge >= 0.3 is 6.09 Å². The third kappa shape index (κ3) is 6.35. The molecule has 11 heteroatoms. The van der Waals surface area contributed by atoms with Gasteiger partial charge < -0.3 is 29.2 Å². The van der Waals surface area contributed by atoms with Gasteiger partial charge in [0.25, 0.3) is 17.4 Å². The van der Waals surface area contributed by atoms with E-state index in [2.05, 4.69) is 10.2 Å². The Morgan fingerprint density at radius 1 is 1.00 bits per heavy atom. The van der Waals surface area contributed by atoms with Gasteiger partial charge in [0.1, 0.15) is 11.7 Å². The fourth-order valence-electron chi connectivity index (χ4n) is 7.56. The number of aromatic nitrogens is 1. The van der Waals surface area contributed by atoms with Gasteiger partial charge in [0.2, 0.25) is 0 Å². The first kappa shape index (κ1) is 30.6. The van der Waals surface area contributed by atoms with Crippen LogP contribution in [0.3, 0.4) is 0 Å². The van der Waals surface area contributed by atoms with Crippen LogP contribution in [0, 0.1) is 0 Å². The number of carbonyl (C=O) groups is 3. The largest absolute Gasteiger partial charge is 0.449 e. The number of nitrogens with zero attached hydrogens (tertiary/aromatic N) is 4. The summed E-state index contributed by atoms with van der Waals surface area (Å²) in [4.78, 5) is 57.9. The first-order valence-corrected chi connectivity index (χ1v) is 16.3. The molecule has 0 spiro atoms. The molecule has 0 radical (unpaired) electrons. The van der Waals surface area contributed by atoms with Crippen LogP contribution in [-0.4, -0.2) is 107 Å². The minimum absolute atomic E-state index is 0.0261. The molecule has 3 amide bonds. The highest BCUT2D eigenvalue weighted by atomic mass is 16.6. The normalized spacial score (nSPS) is 25.5. The van der Waals surface area contributed by atoms with Gasteiger partial charge in [0.15, 0.2) is 0 Å². The van der Waals surface area contributed by atoms with E-state index in [0.717, 1.165) is 62.4 Å². The van der Waals surface area contributed by atoms with Crippen molar-refractivity contribution in [2.24, 2.45) is 0 Å². The lowest BCUT2D eigenvalue weighted by Gasteiger charge is -2.39. The number of para-hydroxylation sites is 1. The lowest BCUT2D eigenvalue weighted by molar-refractivity contribution is -0.142. The van der Waals surface area contributed by atoms with Crippen molar-refractivity contribution in [2.45, 2.75) is 89.1 Å². The third-order valence-electron chi connectivity index (χ3n) is 9.77. The molecule has 4 saturated heterocycles. The molecule has 1 aromatic carbocycles. The topological polar surface area (TPSA) is 113 Å². The molecule has 4 aliphatic rings. The van der Waals surface area contributed by atoms with Crippen molar-refractivity contribution in [1.29, 1.82) is 0 Å². The Hall–Kier alpha value is -3.44. The predicted molar refractivity (Wildman–Crippen MR) is 166 cm³/mol. The molecule has 0 saturated carbocycles. The van der Waals surface area contributed by atoms with Gasteiger partial charge in [-0.3, -0.25) is 19.3 Å². The fourth-order valence-corrected chi connectivity index (χ4v) is 7.56. The van der Waals surface area contributed by atoms with Gasteiger partial charge in [-0.15, -0.1) is 0 Å². The summed E-state index contributed by atoms with van der Waals surface area (Å²) in [5, 5.41) is 4.07. The van der Waals surface area contributed by atoms with Crippen LogP contribution in [-0.2, 0) is 14.3 Å². The molecule has 4 fully saturated rings. The van der Waals surface area contributed by atoms with Crippen molar-refractivity contribution in [1.82, 2.24) is 24.6 Å². The molecule has 238 valence electrons. The number of carbonyl (C=O) groups excluding carboxylic acids is 3. The second kappa shape index (κ2) is 13.3. The maximum Gasteiger partial charge on any atom is 0.409 e. The van der Waals surface area contributed by atoms with Gasteiger partial charge in [0, 0.05) is 63.5 Å². The summed E-state index contributed by atoms with van der Waals surface area (Å²) in [6.07, 6.45) is 5.68. The molecule has 1 unspecified atom stereocenters. The summed E-state index contributed by atoms with van der Waals surface area (Å²) in [6.45, 7) is 7.74. The summed E-state index contributed by atoms with van der Waals surface area (Å²) in [6, 6.07) is 10.1. The van der Waals surface area contributed by atoms with Crippen molar-refractivity contribution in [3.05, 3.63) is 46.2 Å². The number of nitrogens with one attached hydrogen (secondary N) is 1. The molecule has 2 aromatic rings. The van der Waals surface area contributed by atoms with Crippen molar-refractivity contribution < 1.29 is 23.9 Å². The van der Waals surface area contributed by atoms with Crippen molar-refractivity contribution >= 4 is 28.8 Å². The van der Waals surface area contributed by atoms with Crippen molar-refractivity contribution in [3.63, 3.8) is 0 Å². The minimum atomic E-state index is -0.322. The van der Waals surface area contributed by atoms with Crippen LogP contribution in [0.2, 0.25) is 0 Å². The molecular formula is C33H45N5O6. The molecule has 44 heavy (non-hydrogen) atoms. The second-order valence-corrected chi connectivity index (χ2v) is 12.9. The van der Waals surface area contributed by atoms with Gasteiger partial charge in [-0.1, -0.05) is 18.2 Å². The zero-order chi connectivity index (χ0) is 30.8. The van der Waals surface area contributed by atoms with Crippen LogP contribution in [0.5, 0.6) is 0 Å². The maximum atomic E-state index is 13.4. The highest BCUT2D eigenvalue weighted by Gasteiger charge is 2.41. The van der Waals surface area contributed by atoms with Gasteiger partial charge in [0.05, 0.1) is 12.1 Å². The number of fused-ring (bicyclic) bond motifs is 3. The number of amides is 3. The SMILES string of the molecule is CC(C)n1c(=O)c(C(=O)N[C@@H]2C[C@H]3CC[C@@H](C2)N3CCCOC(=O)N2CCN(C(=O)C3CCCO3)CC2)cc2ccccc21. The summed E-state index contributed by atoms with van der Waals surface area (Å²) in [5.41, 5.74) is 0.787. The summed E-state index contributed by atoms with van der Waals surface area (Å²) >= 11 is 0. The molecule has 11 nitrogen and oxygen atoms in total. The maximum absolute atomic E-state index is 13.4. The Labute approximate surface area is 258 Å². The molecule has 1 aromatic heterocycles. The highest BCUT2D eigenvalue weighted by molar-refractivity contribution is 5.97. The van der Waals surface area contributed by atoms with E-state index in [0.29, 0.717) is 51.5 Å². The molecule has 5 heterocycles. The Kier molecular flexibility index (Phi) is 9.23. The Morgan fingerprint density at radius 2 is 1.70 bits per heavy atom. The average molecular weight is 608 g/mol. The van der Waals surface area contributed by atoms with Crippen molar-refractivity contribution in [3.8, 4) is 0 Å². The number of benzene rings is 1. The molecule has 6 rings (SSSR count). The second-order valence-electron chi connectivity index (χ2n) is 12.9. The predicted octanol–water partition coefficient (Wildman–Crippen LogP) is 3.16. The molecular weight excluding hydrogens is 562 g/mol. The zero-order valence-electron chi connectivity index (χ0n) is 25.9. The van der Waals surface area contributed by atoms with Crippen molar-refractivity contribution in [2.75, 3.05) is 45.9 Å². The number of piperidine rings is 1. The molecule has 4 atom stereocenters. The van der Waals surface area contributed by atoms with Gasteiger partial charge in [-0.25, -0.2) is 4.79 Å². The van der Waals surface area contributed by atoms with E-state index in [9.17, 15) is 19.2 Å². The van der Waals surface area contributed by atoms with Crippen LogP contribution >= 0.6 is 0 Å². The van der Waals surface area contributed by atoms with E-state index in [1.807, 2.05) is 38.1 Å². The van der Waals surface area contributed by atoms with E-state index >= 15 is 0 Å². The van der Waals surface area contributed by atoms with Crippen LogP contribution < -0.4 is 10.9 Å². The Morgan fingerprint density at radius 3 is 2.39 bits per heavy atom.